The summed E-state index contributed by atoms with van der Waals surface area (Å²) >= 11 is 0.772. The Morgan fingerprint density at radius 2 is 1.75 bits per heavy atom. The van der Waals surface area contributed by atoms with Crippen LogP contribution >= 0.6 is 11.8 Å². The molecule has 1 saturated heterocycles. The minimum Gasteiger partial charge on any atom is -0.268 e. The fraction of sp³-hybridized carbons (Fsp3) is 0.0588. The molecule has 1 fully saturated rings. The molecule has 7 heteroatoms. The molecule has 0 unspecified atom stereocenters. The summed E-state index contributed by atoms with van der Waals surface area (Å²) in [4.78, 5) is 36.5. The molecule has 0 saturated carbocycles. The van der Waals surface area contributed by atoms with Gasteiger partial charge in [0.1, 0.15) is 0 Å². The first-order chi connectivity index (χ1) is 11.5. The van der Waals surface area contributed by atoms with Crippen molar-refractivity contribution in [3.05, 3.63) is 74.7 Å². The van der Waals surface area contributed by atoms with E-state index in [4.69, 9.17) is 0 Å². The monoisotopic (exact) mass is 340 g/mol. The van der Waals surface area contributed by atoms with E-state index in [0.717, 1.165) is 22.2 Å². The summed E-state index contributed by atoms with van der Waals surface area (Å²) in [6, 6.07) is 13.1. The number of benzene rings is 2. The third-order valence-corrected chi connectivity index (χ3v) is 4.38. The molecule has 1 heterocycles. The maximum absolute atomic E-state index is 12.5. The van der Waals surface area contributed by atoms with Gasteiger partial charge in [0, 0.05) is 6.07 Å². The molecular weight excluding hydrogens is 328 g/mol. The topological polar surface area (TPSA) is 80.5 Å². The van der Waals surface area contributed by atoms with Crippen molar-refractivity contribution in [3.8, 4) is 0 Å². The Balaban J connectivity index is 1.97. The van der Waals surface area contributed by atoms with Crippen LogP contribution in [-0.4, -0.2) is 16.1 Å². The van der Waals surface area contributed by atoms with Gasteiger partial charge in [-0.3, -0.25) is 19.7 Å². The number of para-hydroxylation sites is 1. The molecule has 0 aromatic heterocycles. The highest BCUT2D eigenvalue weighted by Crippen LogP contribution is 2.36. The lowest BCUT2D eigenvalue weighted by molar-refractivity contribution is -0.385. The highest BCUT2D eigenvalue weighted by atomic mass is 32.2. The van der Waals surface area contributed by atoms with Crippen molar-refractivity contribution in [2.45, 2.75) is 6.92 Å². The van der Waals surface area contributed by atoms with E-state index in [1.807, 2.05) is 19.1 Å². The Morgan fingerprint density at radius 1 is 1.08 bits per heavy atom. The number of hydrogen-bond donors (Lipinski definition) is 0. The quantitative estimate of drug-likeness (QED) is 0.476. The molecule has 0 spiro atoms. The van der Waals surface area contributed by atoms with Crippen molar-refractivity contribution in [1.29, 1.82) is 0 Å². The number of anilines is 1. The van der Waals surface area contributed by atoms with Crippen LogP contribution in [0, 0.1) is 17.0 Å². The van der Waals surface area contributed by atoms with Gasteiger partial charge in [-0.25, -0.2) is 4.90 Å². The molecule has 24 heavy (non-hydrogen) atoms. The van der Waals surface area contributed by atoms with Crippen LogP contribution in [0.4, 0.5) is 16.2 Å². The second-order valence-corrected chi connectivity index (χ2v) is 6.16. The van der Waals surface area contributed by atoms with Gasteiger partial charge in [-0.15, -0.1) is 0 Å². The van der Waals surface area contributed by atoms with Gasteiger partial charge in [0.2, 0.25) is 0 Å². The molecular formula is C17H12N2O4S. The molecule has 0 N–H and O–H groups in total. The summed E-state index contributed by atoms with van der Waals surface area (Å²) in [6.07, 6.45) is 1.39. The number of imide groups is 1. The first-order valence-electron chi connectivity index (χ1n) is 7.05. The van der Waals surface area contributed by atoms with Crippen LogP contribution in [0.1, 0.15) is 11.1 Å². The lowest BCUT2D eigenvalue weighted by Gasteiger charge is -2.12. The molecule has 2 amide bonds. The van der Waals surface area contributed by atoms with Gasteiger partial charge < -0.3 is 0 Å². The Kier molecular flexibility index (Phi) is 4.18. The lowest BCUT2D eigenvalue weighted by Crippen LogP contribution is -2.27. The molecule has 6 nitrogen and oxygen atoms in total. The number of hydrogen-bond acceptors (Lipinski definition) is 5. The fourth-order valence-electron chi connectivity index (χ4n) is 2.30. The zero-order valence-corrected chi connectivity index (χ0v) is 13.4. The number of carbonyl (C=O) groups excluding carboxylic acids is 2. The Labute approximate surface area is 141 Å². The summed E-state index contributed by atoms with van der Waals surface area (Å²) in [7, 11) is 0. The summed E-state index contributed by atoms with van der Waals surface area (Å²) in [5.74, 6) is -0.480. The number of thioether (sulfide) groups is 1. The van der Waals surface area contributed by atoms with Crippen LogP contribution in [0.2, 0.25) is 0 Å². The Hall–Kier alpha value is -2.93. The average Bonchev–Trinajstić information content (AvgIpc) is 2.83. The van der Waals surface area contributed by atoms with E-state index >= 15 is 0 Å². The summed E-state index contributed by atoms with van der Waals surface area (Å²) in [6.45, 7) is 1.91. The number of nitro groups is 1. The van der Waals surface area contributed by atoms with Gasteiger partial charge in [-0.05, 0) is 43.0 Å². The highest BCUT2D eigenvalue weighted by Gasteiger charge is 2.36. The first kappa shape index (κ1) is 15.9. The largest absolute Gasteiger partial charge is 0.298 e. The van der Waals surface area contributed by atoms with Crippen molar-refractivity contribution in [3.63, 3.8) is 0 Å². The van der Waals surface area contributed by atoms with Crippen LogP contribution in [0.3, 0.4) is 0 Å². The number of aryl methyl sites for hydroxylation is 1. The van der Waals surface area contributed by atoms with E-state index in [-0.39, 0.29) is 16.2 Å². The van der Waals surface area contributed by atoms with Gasteiger partial charge >= 0.3 is 0 Å². The molecule has 2 aromatic carbocycles. The van der Waals surface area contributed by atoms with Gasteiger partial charge in [-0.1, -0.05) is 29.8 Å². The fourth-order valence-corrected chi connectivity index (χ4v) is 3.13. The lowest BCUT2D eigenvalue weighted by atomic mass is 10.1. The Morgan fingerprint density at radius 3 is 2.42 bits per heavy atom. The normalized spacial score (nSPS) is 16.0. The van der Waals surface area contributed by atoms with Crippen LogP contribution in [0.25, 0.3) is 6.08 Å². The van der Waals surface area contributed by atoms with Crippen molar-refractivity contribution in [2.75, 3.05) is 4.90 Å². The van der Waals surface area contributed by atoms with Gasteiger partial charge in [0.05, 0.1) is 21.1 Å². The van der Waals surface area contributed by atoms with E-state index in [1.54, 1.807) is 24.3 Å². The molecule has 3 rings (SSSR count). The summed E-state index contributed by atoms with van der Waals surface area (Å²) in [5, 5.41) is 10.6. The SMILES string of the molecule is Cc1ccc(N2C(=O)S/C(=C\c3ccccc3[N+](=O)[O-])C2=O)cc1. The third-order valence-electron chi connectivity index (χ3n) is 3.51. The molecule has 2 aromatic rings. The number of nitrogens with zero attached hydrogens (tertiary/aromatic N) is 2. The second-order valence-electron chi connectivity index (χ2n) is 5.17. The minimum absolute atomic E-state index is 0.111. The molecule has 0 atom stereocenters. The van der Waals surface area contributed by atoms with E-state index in [1.165, 1.54) is 18.2 Å². The van der Waals surface area contributed by atoms with Crippen LogP contribution in [0.15, 0.2) is 53.4 Å². The second kappa shape index (κ2) is 6.29. The minimum atomic E-state index is -0.518. The molecule has 0 bridgehead atoms. The number of carbonyl (C=O) groups is 2. The number of amides is 2. The standard InChI is InChI=1S/C17H12N2O4S/c1-11-6-8-13(9-7-11)18-16(20)15(24-17(18)21)10-12-4-2-3-5-14(12)19(22)23/h2-10H,1H3/b15-10-. The first-order valence-corrected chi connectivity index (χ1v) is 7.87. The number of nitro benzene ring substituents is 1. The van der Waals surface area contributed by atoms with Gasteiger partial charge in [0.25, 0.3) is 16.8 Å². The van der Waals surface area contributed by atoms with Crippen LogP contribution in [0.5, 0.6) is 0 Å². The summed E-state index contributed by atoms with van der Waals surface area (Å²) in [5.41, 5.74) is 1.67. The third kappa shape index (κ3) is 2.93. The Bertz CT molecular complexity index is 874. The molecule has 1 aliphatic rings. The van der Waals surface area contributed by atoms with E-state index in [9.17, 15) is 19.7 Å². The maximum Gasteiger partial charge on any atom is 0.298 e. The molecule has 0 radical (unpaired) electrons. The predicted molar refractivity (Wildman–Crippen MR) is 92.7 cm³/mol. The van der Waals surface area contributed by atoms with Gasteiger partial charge in [0.15, 0.2) is 0 Å². The van der Waals surface area contributed by atoms with Crippen molar-refractivity contribution in [1.82, 2.24) is 0 Å². The number of rotatable bonds is 3. The van der Waals surface area contributed by atoms with Crippen molar-refractivity contribution in [2.24, 2.45) is 0 Å². The maximum atomic E-state index is 12.5. The van der Waals surface area contributed by atoms with E-state index in [0.29, 0.717) is 5.69 Å². The van der Waals surface area contributed by atoms with Crippen molar-refractivity contribution < 1.29 is 14.5 Å². The molecule has 120 valence electrons. The smallest absolute Gasteiger partial charge is 0.268 e. The van der Waals surface area contributed by atoms with Crippen LogP contribution in [-0.2, 0) is 4.79 Å². The highest BCUT2D eigenvalue weighted by molar-refractivity contribution is 8.19. The van der Waals surface area contributed by atoms with E-state index < -0.39 is 16.1 Å². The summed E-state index contributed by atoms with van der Waals surface area (Å²) < 4.78 is 0. The molecule has 1 aliphatic heterocycles. The molecule has 0 aliphatic carbocycles. The zero-order valence-electron chi connectivity index (χ0n) is 12.6. The van der Waals surface area contributed by atoms with Crippen molar-refractivity contribution >= 4 is 40.4 Å². The average molecular weight is 340 g/mol. The van der Waals surface area contributed by atoms with Gasteiger partial charge in [-0.2, -0.15) is 0 Å². The predicted octanol–water partition coefficient (Wildman–Crippen LogP) is 4.14. The zero-order chi connectivity index (χ0) is 17.3. The van der Waals surface area contributed by atoms with Crippen LogP contribution < -0.4 is 4.90 Å². The van der Waals surface area contributed by atoms with E-state index in [2.05, 4.69) is 0 Å².